The first-order chi connectivity index (χ1) is 11.9. The summed E-state index contributed by atoms with van der Waals surface area (Å²) in [5.41, 5.74) is 3.25. The van der Waals surface area contributed by atoms with Crippen molar-refractivity contribution in [2.45, 2.75) is 39.2 Å². The highest BCUT2D eigenvalue weighted by Gasteiger charge is 2.25. The lowest BCUT2D eigenvalue weighted by Crippen LogP contribution is -2.41. The van der Waals surface area contributed by atoms with E-state index >= 15 is 0 Å². The van der Waals surface area contributed by atoms with Gasteiger partial charge >= 0.3 is 0 Å². The van der Waals surface area contributed by atoms with Crippen LogP contribution in [0.3, 0.4) is 0 Å². The minimum atomic E-state index is 0.151. The maximum Gasteiger partial charge on any atom is 0.244 e. The monoisotopic (exact) mass is 341 g/mol. The second kappa shape index (κ2) is 7.25. The molecular formula is C19H27N5O. The fraction of sp³-hybridized carbons (Fsp3) is 0.526. The van der Waals surface area contributed by atoms with E-state index in [1.807, 2.05) is 50.0 Å². The Bertz CT molecular complexity index is 752. The Morgan fingerprint density at radius 3 is 2.80 bits per heavy atom. The first-order valence-electron chi connectivity index (χ1n) is 8.86. The SMILES string of the molecule is Cc1cc(C)n(CC(=O)N2CCC[C@@H](c3ccnc(N(C)C)c3)C2)n1. The van der Waals surface area contributed by atoms with Crippen molar-refractivity contribution in [1.29, 1.82) is 0 Å². The Morgan fingerprint density at radius 2 is 2.12 bits per heavy atom. The van der Waals surface area contributed by atoms with E-state index in [4.69, 9.17) is 0 Å². The van der Waals surface area contributed by atoms with Crippen LogP contribution in [0.1, 0.15) is 35.7 Å². The van der Waals surface area contributed by atoms with Crippen LogP contribution in [0.5, 0.6) is 0 Å². The summed E-state index contributed by atoms with van der Waals surface area (Å²) >= 11 is 0. The van der Waals surface area contributed by atoms with Gasteiger partial charge in [-0.2, -0.15) is 5.10 Å². The molecule has 1 amide bonds. The topological polar surface area (TPSA) is 54.3 Å². The van der Waals surface area contributed by atoms with Gasteiger partial charge in [0, 0.05) is 45.0 Å². The molecule has 2 aromatic heterocycles. The molecule has 3 rings (SSSR count). The number of aromatic nitrogens is 3. The van der Waals surface area contributed by atoms with Crippen molar-refractivity contribution >= 4 is 11.7 Å². The maximum absolute atomic E-state index is 12.7. The van der Waals surface area contributed by atoms with Crippen molar-refractivity contribution in [3.8, 4) is 0 Å². The number of piperidine rings is 1. The van der Waals surface area contributed by atoms with Gasteiger partial charge in [-0.1, -0.05) is 0 Å². The molecular weight excluding hydrogens is 314 g/mol. The Morgan fingerprint density at radius 1 is 1.32 bits per heavy atom. The Hall–Kier alpha value is -2.37. The number of hydrogen-bond acceptors (Lipinski definition) is 4. The van der Waals surface area contributed by atoms with Crippen molar-refractivity contribution in [2.75, 3.05) is 32.1 Å². The molecule has 2 aromatic rings. The standard InChI is InChI=1S/C19H27N5O/c1-14-10-15(2)24(21-14)13-19(25)23-9-5-6-17(12-23)16-7-8-20-18(11-16)22(3)4/h7-8,10-11,17H,5-6,9,12-13H2,1-4H3/t17-/m1/s1. The quantitative estimate of drug-likeness (QED) is 0.857. The Labute approximate surface area is 149 Å². The molecule has 0 N–H and O–H groups in total. The zero-order valence-corrected chi connectivity index (χ0v) is 15.6. The number of hydrogen-bond donors (Lipinski definition) is 0. The van der Waals surface area contributed by atoms with E-state index in [-0.39, 0.29) is 5.91 Å². The van der Waals surface area contributed by atoms with Crippen molar-refractivity contribution in [3.05, 3.63) is 41.3 Å². The van der Waals surface area contributed by atoms with Crippen molar-refractivity contribution in [3.63, 3.8) is 0 Å². The number of aryl methyl sites for hydroxylation is 2. The summed E-state index contributed by atoms with van der Waals surface area (Å²) in [6.07, 6.45) is 4.01. The number of rotatable bonds is 4. The molecule has 1 atom stereocenters. The van der Waals surface area contributed by atoms with Gasteiger partial charge in [0.2, 0.25) is 5.91 Å². The number of carbonyl (C=O) groups is 1. The van der Waals surface area contributed by atoms with Crippen LogP contribution < -0.4 is 4.90 Å². The van der Waals surface area contributed by atoms with Crippen LogP contribution in [0, 0.1) is 13.8 Å². The highest BCUT2D eigenvalue weighted by Crippen LogP contribution is 2.28. The van der Waals surface area contributed by atoms with Gasteiger partial charge in [0.05, 0.1) is 5.69 Å². The predicted octanol–water partition coefficient (Wildman–Crippen LogP) is 2.37. The molecule has 25 heavy (non-hydrogen) atoms. The first kappa shape index (κ1) is 17.5. The molecule has 0 radical (unpaired) electrons. The maximum atomic E-state index is 12.7. The third kappa shape index (κ3) is 4.00. The van der Waals surface area contributed by atoms with Crippen LogP contribution in [0.25, 0.3) is 0 Å². The van der Waals surface area contributed by atoms with Crippen molar-refractivity contribution < 1.29 is 4.79 Å². The fourth-order valence-electron chi connectivity index (χ4n) is 3.47. The molecule has 1 aliphatic rings. The van der Waals surface area contributed by atoms with Crippen molar-refractivity contribution in [2.24, 2.45) is 0 Å². The molecule has 1 saturated heterocycles. The molecule has 1 aliphatic heterocycles. The molecule has 3 heterocycles. The predicted molar refractivity (Wildman–Crippen MR) is 98.8 cm³/mol. The van der Waals surface area contributed by atoms with Gasteiger partial charge in [-0.3, -0.25) is 9.48 Å². The summed E-state index contributed by atoms with van der Waals surface area (Å²) in [5.74, 6) is 1.49. The Balaban J connectivity index is 1.69. The number of anilines is 1. The molecule has 134 valence electrons. The summed E-state index contributed by atoms with van der Waals surface area (Å²) < 4.78 is 1.80. The first-order valence-corrected chi connectivity index (χ1v) is 8.86. The van der Waals surface area contributed by atoms with E-state index < -0.39 is 0 Å². The lowest BCUT2D eigenvalue weighted by molar-refractivity contribution is -0.133. The van der Waals surface area contributed by atoms with Crippen LogP contribution in [-0.4, -0.2) is 52.8 Å². The van der Waals surface area contributed by atoms with Crippen LogP contribution >= 0.6 is 0 Å². The van der Waals surface area contributed by atoms with Gasteiger partial charge in [0.1, 0.15) is 12.4 Å². The van der Waals surface area contributed by atoms with E-state index in [2.05, 4.69) is 22.2 Å². The van der Waals surface area contributed by atoms with Crippen LogP contribution in [0.15, 0.2) is 24.4 Å². The number of amides is 1. The molecule has 0 unspecified atom stereocenters. The summed E-state index contributed by atoms with van der Waals surface area (Å²) in [7, 11) is 3.99. The van der Waals surface area contributed by atoms with Gasteiger partial charge in [-0.15, -0.1) is 0 Å². The molecule has 0 aliphatic carbocycles. The van der Waals surface area contributed by atoms with Crippen LogP contribution in [0.4, 0.5) is 5.82 Å². The van der Waals surface area contributed by atoms with E-state index in [9.17, 15) is 4.79 Å². The van der Waals surface area contributed by atoms with E-state index in [1.54, 1.807) is 4.68 Å². The number of carbonyl (C=O) groups excluding carboxylic acids is 1. The summed E-state index contributed by atoms with van der Waals surface area (Å²) in [5, 5.41) is 4.41. The van der Waals surface area contributed by atoms with E-state index in [0.29, 0.717) is 12.5 Å². The van der Waals surface area contributed by atoms with E-state index in [1.165, 1.54) is 5.56 Å². The normalized spacial score (nSPS) is 17.6. The highest BCUT2D eigenvalue weighted by atomic mass is 16.2. The van der Waals surface area contributed by atoms with Crippen LogP contribution in [-0.2, 0) is 11.3 Å². The van der Waals surface area contributed by atoms with Gasteiger partial charge in [0.25, 0.3) is 0 Å². The van der Waals surface area contributed by atoms with Gasteiger partial charge in [-0.05, 0) is 50.5 Å². The molecule has 0 saturated carbocycles. The van der Waals surface area contributed by atoms with Crippen molar-refractivity contribution in [1.82, 2.24) is 19.7 Å². The molecule has 0 aromatic carbocycles. The Kier molecular flexibility index (Phi) is 5.06. The fourth-order valence-corrected chi connectivity index (χ4v) is 3.47. The number of likely N-dealkylation sites (tertiary alicyclic amines) is 1. The largest absolute Gasteiger partial charge is 0.363 e. The van der Waals surface area contributed by atoms with Gasteiger partial charge < -0.3 is 9.80 Å². The van der Waals surface area contributed by atoms with Gasteiger partial charge in [-0.25, -0.2) is 4.98 Å². The summed E-state index contributed by atoms with van der Waals surface area (Å²) in [4.78, 5) is 21.1. The summed E-state index contributed by atoms with van der Waals surface area (Å²) in [6, 6.07) is 6.22. The lowest BCUT2D eigenvalue weighted by atomic mass is 9.91. The second-order valence-corrected chi connectivity index (χ2v) is 7.11. The third-order valence-corrected chi connectivity index (χ3v) is 4.86. The molecule has 0 bridgehead atoms. The van der Waals surface area contributed by atoms with E-state index in [0.717, 1.165) is 43.1 Å². The molecule has 0 spiro atoms. The average molecular weight is 341 g/mol. The smallest absolute Gasteiger partial charge is 0.244 e. The molecule has 6 heteroatoms. The number of pyridine rings is 1. The number of nitrogens with zero attached hydrogens (tertiary/aromatic N) is 5. The third-order valence-electron chi connectivity index (χ3n) is 4.86. The van der Waals surface area contributed by atoms with Gasteiger partial charge in [0.15, 0.2) is 0 Å². The zero-order chi connectivity index (χ0) is 18.0. The molecule has 1 fully saturated rings. The lowest BCUT2D eigenvalue weighted by Gasteiger charge is -2.33. The molecule has 6 nitrogen and oxygen atoms in total. The zero-order valence-electron chi connectivity index (χ0n) is 15.6. The minimum Gasteiger partial charge on any atom is -0.363 e. The highest BCUT2D eigenvalue weighted by molar-refractivity contribution is 5.76. The summed E-state index contributed by atoms with van der Waals surface area (Å²) in [6.45, 7) is 5.88. The minimum absolute atomic E-state index is 0.151. The average Bonchev–Trinajstić information content (AvgIpc) is 2.92. The second-order valence-electron chi connectivity index (χ2n) is 7.11. The van der Waals surface area contributed by atoms with Crippen LogP contribution in [0.2, 0.25) is 0 Å².